The van der Waals surface area contributed by atoms with Gasteiger partial charge in [-0.25, -0.2) is 4.57 Å². The third-order valence-corrected chi connectivity index (χ3v) is 6.55. The van der Waals surface area contributed by atoms with E-state index in [0.717, 1.165) is 51.4 Å². The second kappa shape index (κ2) is 8.71. The maximum absolute atomic E-state index is 13.3. The number of para-hydroxylation sites is 1. The first-order valence-corrected chi connectivity index (χ1v) is 10.9. The molecule has 0 N–H and O–H groups in total. The summed E-state index contributed by atoms with van der Waals surface area (Å²) in [4.78, 5) is 0. The van der Waals surface area contributed by atoms with Crippen molar-refractivity contribution in [2.75, 3.05) is 0 Å². The lowest BCUT2D eigenvalue weighted by Crippen LogP contribution is -2.22. The Labute approximate surface area is 149 Å². The molecule has 24 heavy (non-hydrogen) atoms. The van der Waals surface area contributed by atoms with E-state index in [1.165, 1.54) is 12.8 Å². The highest BCUT2D eigenvalue weighted by molar-refractivity contribution is 7.49. The molecule has 1 aromatic rings. The van der Waals surface area contributed by atoms with Gasteiger partial charge in [0.25, 0.3) is 0 Å². The summed E-state index contributed by atoms with van der Waals surface area (Å²) in [6.07, 6.45) is 10.3. The molecule has 0 radical (unpaired) electrons. The molecule has 0 aliphatic heterocycles. The van der Waals surface area contributed by atoms with Crippen molar-refractivity contribution in [1.82, 2.24) is 0 Å². The Morgan fingerprint density at radius 1 is 0.833 bits per heavy atom. The summed E-state index contributed by atoms with van der Waals surface area (Å²) in [7, 11) is -3.69. The molecule has 0 saturated heterocycles. The molecule has 2 aliphatic rings. The van der Waals surface area contributed by atoms with Gasteiger partial charge in [-0.15, -0.1) is 0 Å². The molecular weight excluding hydrogens is 347 g/mol. The molecule has 6 heteroatoms. The Balaban J connectivity index is 1.73. The van der Waals surface area contributed by atoms with Crippen molar-refractivity contribution in [1.29, 1.82) is 0 Å². The van der Waals surface area contributed by atoms with E-state index < -0.39 is 7.82 Å². The van der Waals surface area contributed by atoms with Crippen LogP contribution in [0.5, 0.6) is 5.75 Å². The van der Waals surface area contributed by atoms with Crippen molar-refractivity contribution in [3.05, 3.63) is 29.3 Å². The van der Waals surface area contributed by atoms with Crippen LogP contribution in [0, 0.1) is 0 Å². The van der Waals surface area contributed by atoms with Gasteiger partial charge in [-0.05, 0) is 37.8 Å². The number of rotatable bonds is 6. The van der Waals surface area contributed by atoms with Crippen molar-refractivity contribution in [2.45, 2.75) is 76.4 Å². The van der Waals surface area contributed by atoms with Crippen LogP contribution in [0.1, 0.15) is 64.2 Å². The van der Waals surface area contributed by atoms with Gasteiger partial charge in [0.2, 0.25) is 0 Å². The first-order chi connectivity index (χ1) is 11.6. The van der Waals surface area contributed by atoms with Crippen molar-refractivity contribution in [3.63, 3.8) is 0 Å². The summed E-state index contributed by atoms with van der Waals surface area (Å²) in [5, 5.41) is 0.414. The standard InChI is InChI=1S/C18H26ClO4P/c19-17-13-7-8-14-18(17)23-24(20,21-15-9-3-1-4-10-15)22-16-11-5-2-6-12-16/h7-8,13-16H,1-6,9-12H2. The molecule has 4 nitrogen and oxygen atoms in total. The van der Waals surface area contributed by atoms with E-state index in [0.29, 0.717) is 10.8 Å². The number of benzene rings is 1. The van der Waals surface area contributed by atoms with E-state index in [4.69, 9.17) is 25.2 Å². The smallest absolute Gasteiger partial charge is 0.402 e. The fourth-order valence-electron chi connectivity index (χ4n) is 3.41. The van der Waals surface area contributed by atoms with Gasteiger partial charge >= 0.3 is 7.82 Å². The van der Waals surface area contributed by atoms with Gasteiger partial charge in [0.1, 0.15) is 5.75 Å². The maximum Gasteiger partial charge on any atom is 0.530 e. The minimum atomic E-state index is -3.69. The number of halogens is 1. The van der Waals surface area contributed by atoms with E-state index in [-0.39, 0.29) is 12.2 Å². The van der Waals surface area contributed by atoms with Crippen LogP contribution in [0.25, 0.3) is 0 Å². The highest BCUT2D eigenvalue weighted by atomic mass is 35.5. The molecule has 1 aromatic carbocycles. The summed E-state index contributed by atoms with van der Waals surface area (Å²) < 4.78 is 30.8. The number of phosphoric ester groups is 1. The second-order valence-electron chi connectivity index (χ2n) is 6.70. The van der Waals surface area contributed by atoms with Crippen molar-refractivity contribution in [2.24, 2.45) is 0 Å². The van der Waals surface area contributed by atoms with Gasteiger partial charge in [-0.1, -0.05) is 62.3 Å². The van der Waals surface area contributed by atoms with Crippen LogP contribution in [0.4, 0.5) is 0 Å². The van der Waals surface area contributed by atoms with E-state index in [1.807, 2.05) is 6.07 Å². The molecule has 0 spiro atoms. The maximum atomic E-state index is 13.3. The van der Waals surface area contributed by atoms with E-state index >= 15 is 0 Å². The monoisotopic (exact) mass is 372 g/mol. The SMILES string of the molecule is O=P(Oc1ccccc1Cl)(OC1CCCCC1)OC1CCCCC1. The van der Waals surface area contributed by atoms with Crippen LogP contribution in [-0.4, -0.2) is 12.2 Å². The minimum Gasteiger partial charge on any atom is -0.402 e. The quantitative estimate of drug-likeness (QED) is 0.533. The molecule has 2 fully saturated rings. The average molecular weight is 373 g/mol. The van der Waals surface area contributed by atoms with Crippen LogP contribution < -0.4 is 4.52 Å². The summed E-state index contributed by atoms with van der Waals surface area (Å²) in [6, 6.07) is 7.02. The summed E-state index contributed by atoms with van der Waals surface area (Å²) in [5.41, 5.74) is 0. The van der Waals surface area contributed by atoms with Gasteiger partial charge in [-0.2, -0.15) is 0 Å². The molecule has 2 aliphatic carbocycles. The lowest BCUT2D eigenvalue weighted by Gasteiger charge is -2.30. The first kappa shape index (κ1) is 18.3. The average Bonchev–Trinajstić information content (AvgIpc) is 2.58. The summed E-state index contributed by atoms with van der Waals surface area (Å²) in [6.45, 7) is 0. The van der Waals surface area contributed by atoms with Crippen LogP contribution in [0.3, 0.4) is 0 Å². The fraction of sp³-hybridized carbons (Fsp3) is 0.667. The lowest BCUT2D eigenvalue weighted by atomic mass is 9.98. The Kier molecular flexibility index (Phi) is 6.63. The van der Waals surface area contributed by atoms with E-state index in [9.17, 15) is 4.57 Å². The molecule has 0 amide bonds. The Morgan fingerprint density at radius 3 is 1.83 bits per heavy atom. The zero-order valence-corrected chi connectivity index (χ0v) is 15.6. The number of hydrogen-bond donors (Lipinski definition) is 0. The normalized spacial score (nSPS) is 20.9. The van der Waals surface area contributed by atoms with E-state index in [1.54, 1.807) is 18.2 Å². The van der Waals surface area contributed by atoms with Gasteiger partial charge in [0.05, 0.1) is 17.2 Å². The molecule has 2 saturated carbocycles. The Morgan fingerprint density at radius 2 is 1.33 bits per heavy atom. The zero-order chi connectivity index (χ0) is 16.8. The van der Waals surface area contributed by atoms with Gasteiger partial charge in [0.15, 0.2) is 0 Å². The lowest BCUT2D eigenvalue weighted by molar-refractivity contribution is 0.0514. The fourth-order valence-corrected chi connectivity index (χ4v) is 5.33. The molecule has 134 valence electrons. The third-order valence-electron chi connectivity index (χ3n) is 4.71. The topological polar surface area (TPSA) is 44.8 Å². The third kappa shape index (κ3) is 5.23. The molecule has 0 atom stereocenters. The molecule has 3 rings (SSSR count). The van der Waals surface area contributed by atoms with Crippen LogP contribution in [0.2, 0.25) is 5.02 Å². The molecule has 0 aromatic heterocycles. The largest absolute Gasteiger partial charge is 0.530 e. The van der Waals surface area contributed by atoms with Gasteiger partial charge in [0, 0.05) is 0 Å². The summed E-state index contributed by atoms with van der Waals surface area (Å²) in [5.74, 6) is 0.356. The molecular formula is C18H26ClO4P. The molecule has 0 unspecified atom stereocenters. The van der Waals surface area contributed by atoms with Crippen LogP contribution in [-0.2, 0) is 13.6 Å². The zero-order valence-electron chi connectivity index (χ0n) is 14.0. The molecule has 0 bridgehead atoms. The van der Waals surface area contributed by atoms with Crippen LogP contribution in [0.15, 0.2) is 24.3 Å². The second-order valence-corrected chi connectivity index (χ2v) is 8.61. The Bertz CT molecular complexity index is 544. The first-order valence-electron chi connectivity index (χ1n) is 9.06. The van der Waals surface area contributed by atoms with Crippen LogP contribution >= 0.6 is 19.4 Å². The van der Waals surface area contributed by atoms with Gasteiger partial charge < -0.3 is 4.52 Å². The van der Waals surface area contributed by atoms with Crippen molar-refractivity contribution in [3.8, 4) is 5.75 Å². The van der Waals surface area contributed by atoms with Gasteiger partial charge in [-0.3, -0.25) is 9.05 Å². The number of hydrogen-bond acceptors (Lipinski definition) is 4. The highest BCUT2D eigenvalue weighted by Gasteiger charge is 2.37. The predicted molar refractivity (Wildman–Crippen MR) is 95.6 cm³/mol. The highest BCUT2D eigenvalue weighted by Crippen LogP contribution is 2.55. The summed E-state index contributed by atoms with van der Waals surface area (Å²) >= 11 is 6.16. The van der Waals surface area contributed by atoms with Crippen molar-refractivity contribution >= 4 is 19.4 Å². The predicted octanol–water partition coefficient (Wildman–Crippen LogP) is 6.53. The van der Waals surface area contributed by atoms with E-state index in [2.05, 4.69) is 0 Å². The van der Waals surface area contributed by atoms with Crippen molar-refractivity contribution < 1.29 is 18.1 Å². The number of phosphoric acid groups is 1. The minimum absolute atomic E-state index is 0.0596. The Hall–Kier alpha value is -0.540. The molecule has 0 heterocycles.